The fraction of sp³-hybridized carbons (Fsp3) is 0.200. The minimum atomic E-state index is 1.10. The van der Waals surface area contributed by atoms with Crippen LogP contribution >= 0.6 is 15.9 Å². The molecule has 1 aromatic rings. The van der Waals surface area contributed by atoms with Gasteiger partial charge in [-0.25, -0.2) is 0 Å². The monoisotopic (exact) mass is 240 g/mol. The number of allylic oxidation sites excluding steroid dienone is 2. The molecule has 0 saturated heterocycles. The highest BCUT2D eigenvalue weighted by Crippen LogP contribution is 2.13. The van der Waals surface area contributed by atoms with E-state index in [1.807, 2.05) is 0 Å². The second-order valence-corrected chi connectivity index (χ2v) is 5.37. The van der Waals surface area contributed by atoms with Crippen molar-refractivity contribution in [3.63, 3.8) is 0 Å². The molecule has 0 nitrogen and oxygen atoms in total. The summed E-state index contributed by atoms with van der Waals surface area (Å²) in [6, 6.07) is 10.6. The van der Waals surface area contributed by atoms with Crippen molar-refractivity contribution in [1.82, 2.24) is 0 Å². The van der Waals surface area contributed by atoms with E-state index in [1.54, 1.807) is 0 Å². The lowest BCUT2D eigenvalue weighted by Crippen LogP contribution is -1.90. The van der Waals surface area contributed by atoms with Crippen LogP contribution in [0.15, 0.2) is 40.0 Å². The minimum absolute atomic E-state index is 1.10. The van der Waals surface area contributed by atoms with Crippen LogP contribution in [0.25, 0.3) is 0 Å². The second kappa shape index (κ2) is 4.63. The van der Waals surface area contributed by atoms with Crippen LogP contribution < -0.4 is 0 Å². The van der Waals surface area contributed by atoms with Gasteiger partial charge in [0, 0.05) is 10.2 Å². The molecule has 0 unspecified atom stereocenters. The smallest absolute Gasteiger partial charge is 0.0347 e. The predicted octanol–water partition coefficient (Wildman–Crippen LogP) is 2.22. The van der Waals surface area contributed by atoms with Gasteiger partial charge in [-0.15, -0.1) is 0 Å². The highest BCUT2D eigenvalue weighted by Gasteiger charge is 1.95. The standard InChI is InChI=1S/C10H13BrSi/c1-8(11)10(12)7-9-5-3-2-4-6-9/h2-6H,7H2,1,12H3. The molecule has 0 aliphatic heterocycles. The van der Waals surface area contributed by atoms with E-state index in [1.165, 1.54) is 15.2 Å². The number of benzene rings is 1. The Balaban J connectivity index is 2.72. The van der Waals surface area contributed by atoms with Crippen molar-refractivity contribution < 1.29 is 0 Å². The summed E-state index contributed by atoms with van der Waals surface area (Å²) in [7, 11) is 1.14. The summed E-state index contributed by atoms with van der Waals surface area (Å²) < 4.78 is 1.30. The first kappa shape index (κ1) is 9.74. The first-order valence-corrected chi connectivity index (χ1v) is 5.85. The molecule has 0 saturated carbocycles. The van der Waals surface area contributed by atoms with Crippen LogP contribution in [0.5, 0.6) is 0 Å². The Morgan fingerprint density at radius 3 is 2.42 bits per heavy atom. The minimum Gasteiger partial charge on any atom is -0.0779 e. The molecule has 0 spiro atoms. The van der Waals surface area contributed by atoms with Crippen molar-refractivity contribution in [2.45, 2.75) is 13.3 Å². The van der Waals surface area contributed by atoms with Gasteiger partial charge in [-0.1, -0.05) is 51.5 Å². The molecule has 0 aliphatic rings. The van der Waals surface area contributed by atoms with Crippen LogP contribution in [0, 0.1) is 0 Å². The number of halogens is 1. The van der Waals surface area contributed by atoms with E-state index in [0.29, 0.717) is 0 Å². The third kappa shape index (κ3) is 2.95. The maximum absolute atomic E-state index is 3.51. The summed E-state index contributed by atoms with van der Waals surface area (Å²) in [5.74, 6) is 0. The third-order valence-electron chi connectivity index (χ3n) is 1.90. The number of hydrogen-bond acceptors (Lipinski definition) is 0. The summed E-state index contributed by atoms with van der Waals surface area (Å²) in [6.45, 7) is 2.12. The molecule has 0 radical (unpaired) electrons. The molecule has 0 aromatic heterocycles. The quantitative estimate of drug-likeness (QED) is 0.696. The molecule has 12 heavy (non-hydrogen) atoms. The Labute approximate surface area is 85.2 Å². The van der Waals surface area contributed by atoms with Crippen LogP contribution in [0.1, 0.15) is 12.5 Å². The summed E-state index contributed by atoms with van der Waals surface area (Å²) in [5, 5.41) is 1.53. The molecular formula is C10H13BrSi. The predicted molar refractivity (Wildman–Crippen MR) is 61.7 cm³/mol. The molecule has 2 heteroatoms. The zero-order chi connectivity index (χ0) is 8.97. The van der Waals surface area contributed by atoms with Gasteiger partial charge in [0.25, 0.3) is 0 Å². The molecule has 0 heterocycles. The average molecular weight is 241 g/mol. The lowest BCUT2D eigenvalue weighted by molar-refractivity contribution is 1.23. The summed E-state index contributed by atoms with van der Waals surface area (Å²) in [4.78, 5) is 0. The Morgan fingerprint density at radius 1 is 1.33 bits per heavy atom. The van der Waals surface area contributed by atoms with Gasteiger partial charge in [-0.05, 0) is 23.4 Å². The van der Waals surface area contributed by atoms with Gasteiger partial charge in [-0.2, -0.15) is 0 Å². The molecule has 0 atom stereocenters. The van der Waals surface area contributed by atoms with Gasteiger partial charge < -0.3 is 0 Å². The van der Waals surface area contributed by atoms with Crippen molar-refractivity contribution in [2.75, 3.05) is 0 Å². The number of rotatable bonds is 2. The second-order valence-electron chi connectivity index (χ2n) is 2.98. The molecule has 0 N–H and O–H groups in total. The largest absolute Gasteiger partial charge is 0.0779 e. The average Bonchev–Trinajstić information content (AvgIpc) is 2.06. The van der Waals surface area contributed by atoms with Gasteiger partial charge in [0.2, 0.25) is 0 Å². The van der Waals surface area contributed by atoms with Gasteiger partial charge in [-0.3, -0.25) is 0 Å². The van der Waals surface area contributed by atoms with Gasteiger partial charge in [0.05, 0.1) is 0 Å². The fourth-order valence-corrected chi connectivity index (χ4v) is 1.57. The molecule has 0 bridgehead atoms. The fourth-order valence-electron chi connectivity index (χ4n) is 1.02. The van der Waals surface area contributed by atoms with Crippen molar-refractivity contribution >= 4 is 26.2 Å². The van der Waals surface area contributed by atoms with Gasteiger partial charge in [0.15, 0.2) is 0 Å². The molecule has 0 aliphatic carbocycles. The lowest BCUT2D eigenvalue weighted by atomic mass is 10.1. The molecule has 64 valence electrons. The first-order valence-electron chi connectivity index (χ1n) is 4.06. The zero-order valence-corrected chi connectivity index (χ0v) is 11.1. The Kier molecular flexibility index (Phi) is 3.76. The highest BCUT2D eigenvalue weighted by molar-refractivity contribution is 9.11. The van der Waals surface area contributed by atoms with E-state index >= 15 is 0 Å². The van der Waals surface area contributed by atoms with Gasteiger partial charge >= 0.3 is 0 Å². The molecule has 1 rings (SSSR count). The van der Waals surface area contributed by atoms with E-state index in [0.717, 1.165) is 16.7 Å². The molecular weight excluding hydrogens is 228 g/mol. The van der Waals surface area contributed by atoms with E-state index in [2.05, 4.69) is 53.2 Å². The van der Waals surface area contributed by atoms with Crippen LogP contribution in [-0.4, -0.2) is 10.2 Å². The van der Waals surface area contributed by atoms with Crippen LogP contribution in [0.2, 0.25) is 0 Å². The topological polar surface area (TPSA) is 0 Å². The lowest BCUT2D eigenvalue weighted by Gasteiger charge is -2.02. The zero-order valence-electron chi connectivity index (χ0n) is 7.47. The van der Waals surface area contributed by atoms with Crippen LogP contribution in [0.3, 0.4) is 0 Å². The van der Waals surface area contributed by atoms with Crippen LogP contribution in [0.4, 0.5) is 0 Å². The number of hydrogen-bond donors (Lipinski definition) is 0. The molecule has 1 aromatic carbocycles. The Morgan fingerprint density at radius 2 is 1.92 bits per heavy atom. The van der Waals surface area contributed by atoms with Crippen molar-refractivity contribution in [2.24, 2.45) is 0 Å². The summed E-state index contributed by atoms with van der Waals surface area (Å²) >= 11 is 3.51. The highest BCUT2D eigenvalue weighted by atomic mass is 79.9. The molecule has 0 fully saturated rings. The Hall–Kier alpha value is -0.343. The first-order chi connectivity index (χ1) is 5.70. The maximum Gasteiger partial charge on any atom is 0.0347 e. The van der Waals surface area contributed by atoms with Crippen molar-refractivity contribution in [3.05, 3.63) is 45.6 Å². The summed E-state index contributed by atoms with van der Waals surface area (Å²) in [6.07, 6.45) is 1.10. The molecule has 0 amide bonds. The van der Waals surface area contributed by atoms with E-state index in [4.69, 9.17) is 0 Å². The SMILES string of the molecule is CC(Br)=C([SiH3])Cc1ccccc1. The third-order valence-corrected chi connectivity index (χ3v) is 4.41. The summed E-state index contributed by atoms with van der Waals surface area (Å²) in [5.41, 5.74) is 1.40. The van der Waals surface area contributed by atoms with Gasteiger partial charge in [0.1, 0.15) is 0 Å². The maximum atomic E-state index is 3.51. The Bertz CT molecular complexity index is 273. The van der Waals surface area contributed by atoms with E-state index in [9.17, 15) is 0 Å². The normalized spacial score (nSPS) is 12.8. The van der Waals surface area contributed by atoms with Crippen molar-refractivity contribution in [3.8, 4) is 0 Å². The van der Waals surface area contributed by atoms with E-state index < -0.39 is 0 Å². The van der Waals surface area contributed by atoms with Crippen LogP contribution in [-0.2, 0) is 6.42 Å². The van der Waals surface area contributed by atoms with E-state index in [-0.39, 0.29) is 0 Å². The van der Waals surface area contributed by atoms with Crippen molar-refractivity contribution in [1.29, 1.82) is 0 Å².